The number of nitrogens with one attached hydrogen (secondary N) is 1. The molecule has 0 saturated carbocycles. The van der Waals surface area contributed by atoms with E-state index in [-0.39, 0.29) is 12.5 Å². The second-order valence-corrected chi connectivity index (χ2v) is 6.94. The van der Waals surface area contributed by atoms with Gasteiger partial charge in [0.2, 0.25) is 0 Å². The van der Waals surface area contributed by atoms with Gasteiger partial charge in [0.1, 0.15) is 15.6 Å². The third-order valence-electron chi connectivity index (χ3n) is 3.36. The number of thiazole rings is 1. The summed E-state index contributed by atoms with van der Waals surface area (Å²) in [5.74, 6) is 0.258. The van der Waals surface area contributed by atoms with Crippen LogP contribution < -0.4 is 10.1 Å². The first-order valence-corrected chi connectivity index (χ1v) is 8.78. The highest BCUT2D eigenvalue weighted by molar-refractivity contribution is 7.17. The third-order valence-corrected chi connectivity index (χ3v) is 4.55. The summed E-state index contributed by atoms with van der Waals surface area (Å²) in [6.07, 6.45) is 0. The molecule has 1 heterocycles. The van der Waals surface area contributed by atoms with Crippen LogP contribution in [0.3, 0.4) is 0 Å². The average Bonchev–Trinajstić information content (AvgIpc) is 2.99. The monoisotopic (exact) mass is 362 g/mol. The third kappa shape index (κ3) is 5.29. The summed E-state index contributed by atoms with van der Waals surface area (Å²) >= 11 is 1.25. The van der Waals surface area contributed by atoms with Crippen LogP contribution in [0.2, 0.25) is 0 Å². The summed E-state index contributed by atoms with van der Waals surface area (Å²) in [7, 11) is 1.61. The largest absolute Gasteiger partial charge is 0.497 e. The number of ether oxygens (including phenoxy) is 2. The van der Waals surface area contributed by atoms with Crippen molar-refractivity contribution >= 4 is 23.2 Å². The smallest absolute Gasteiger partial charge is 0.350 e. The molecular weight excluding hydrogens is 340 g/mol. The Morgan fingerprint density at radius 1 is 1.24 bits per heavy atom. The lowest BCUT2D eigenvalue weighted by Gasteiger charge is -2.07. The van der Waals surface area contributed by atoms with Crippen molar-refractivity contribution < 1.29 is 19.1 Å². The number of benzene rings is 1. The fourth-order valence-electron chi connectivity index (χ4n) is 2.01. The predicted molar refractivity (Wildman–Crippen MR) is 97.0 cm³/mol. The normalized spacial score (nSPS) is 10.6. The van der Waals surface area contributed by atoms with Crippen LogP contribution in [0.15, 0.2) is 24.3 Å². The van der Waals surface area contributed by atoms with Crippen molar-refractivity contribution in [2.24, 2.45) is 5.92 Å². The highest BCUT2D eigenvalue weighted by Gasteiger charge is 2.18. The van der Waals surface area contributed by atoms with Crippen molar-refractivity contribution in [3.8, 4) is 16.3 Å². The molecule has 0 spiro atoms. The Balaban J connectivity index is 2.01. The fourth-order valence-corrected chi connectivity index (χ4v) is 2.97. The number of rotatable bonds is 7. The average molecular weight is 362 g/mol. The van der Waals surface area contributed by atoms with E-state index in [1.54, 1.807) is 14.0 Å². The van der Waals surface area contributed by atoms with Crippen LogP contribution in [-0.4, -0.2) is 37.1 Å². The minimum absolute atomic E-state index is 0.291. The summed E-state index contributed by atoms with van der Waals surface area (Å²) in [5, 5.41) is 3.42. The molecule has 0 aliphatic carbocycles. The van der Waals surface area contributed by atoms with Crippen LogP contribution in [0.25, 0.3) is 10.6 Å². The van der Waals surface area contributed by atoms with Gasteiger partial charge in [0.05, 0.1) is 12.8 Å². The number of hydrogen-bond donors (Lipinski definition) is 1. The Morgan fingerprint density at radius 2 is 1.92 bits per heavy atom. The van der Waals surface area contributed by atoms with E-state index in [0.717, 1.165) is 16.3 Å². The van der Waals surface area contributed by atoms with E-state index in [0.29, 0.717) is 23.0 Å². The fraction of sp³-hybridized carbons (Fsp3) is 0.389. The van der Waals surface area contributed by atoms with Gasteiger partial charge in [-0.2, -0.15) is 0 Å². The van der Waals surface area contributed by atoms with Gasteiger partial charge in [-0.1, -0.05) is 13.8 Å². The van der Waals surface area contributed by atoms with Crippen molar-refractivity contribution in [2.75, 3.05) is 20.3 Å². The maximum atomic E-state index is 12.2. The first kappa shape index (κ1) is 18.9. The van der Waals surface area contributed by atoms with E-state index in [4.69, 9.17) is 9.47 Å². The molecule has 1 aromatic carbocycles. The molecule has 0 aliphatic heterocycles. The van der Waals surface area contributed by atoms with Gasteiger partial charge < -0.3 is 14.8 Å². The van der Waals surface area contributed by atoms with Gasteiger partial charge in [0.25, 0.3) is 5.91 Å². The quantitative estimate of drug-likeness (QED) is 0.766. The van der Waals surface area contributed by atoms with Crippen LogP contribution in [-0.2, 0) is 9.53 Å². The van der Waals surface area contributed by atoms with Gasteiger partial charge in [-0.05, 0) is 37.1 Å². The number of esters is 1. The van der Waals surface area contributed by atoms with Crippen LogP contribution in [0, 0.1) is 12.8 Å². The number of hydrogen-bond acceptors (Lipinski definition) is 6. The zero-order chi connectivity index (χ0) is 18.4. The van der Waals surface area contributed by atoms with E-state index in [9.17, 15) is 9.59 Å². The molecule has 0 bridgehead atoms. The molecule has 0 aliphatic rings. The number of amides is 1. The minimum atomic E-state index is -0.533. The topological polar surface area (TPSA) is 77.5 Å². The Hall–Kier alpha value is -2.41. The number of aryl methyl sites for hydroxylation is 1. The lowest BCUT2D eigenvalue weighted by Crippen LogP contribution is -2.31. The van der Waals surface area contributed by atoms with Crippen LogP contribution in [0.5, 0.6) is 5.75 Å². The number of nitrogens with zero attached hydrogens (tertiary/aromatic N) is 1. The van der Waals surface area contributed by atoms with Gasteiger partial charge in [0, 0.05) is 12.1 Å². The number of carbonyl (C=O) groups excluding carboxylic acids is 2. The molecule has 7 heteroatoms. The molecule has 6 nitrogen and oxygen atoms in total. The van der Waals surface area contributed by atoms with Gasteiger partial charge in [-0.25, -0.2) is 9.78 Å². The molecule has 2 rings (SSSR count). The lowest BCUT2D eigenvalue weighted by atomic mass is 10.2. The summed E-state index contributed by atoms with van der Waals surface area (Å²) in [6, 6.07) is 7.43. The molecule has 1 N–H and O–H groups in total. The van der Waals surface area contributed by atoms with Gasteiger partial charge in [-0.15, -0.1) is 11.3 Å². The number of methoxy groups -OCH3 is 1. The van der Waals surface area contributed by atoms with Crippen molar-refractivity contribution in [3.63, 3.8) is 0 Å². The first-order valence-electron chi connectivity index (χ1n) is 7.96. The highest BCUT2D eigenvalue weighted by atomic mass is 32.1. The molecule has 1 aromatic heterocycles. The Labute approximate surface area is 151 Å². The summed E-state index contributed by atoms with van der Waals surface area (Å²) in [4.78, 5) is 28.7. The van der Waals surface area contributed by atoms with Crippen molar-refractivity contribution in [1.29, 1.82) is 0 Å². The summed E-state index contributed by atoms with van der Waals surface area (Å²) in [5.41, 5.74) is 1.48. The van der Waals surface area contributed by atoms with E-state index < -0.39 is 5.97 Å². The molecule has 1 amide bonds. The predicted octanol–water partition coefficient (Wildman–Crippen LogP) is 3.06. The molecule has 0 saturated heterocycles. The second kappa shape index (κ2) is 8.62. The van der Waals surface area contributed by atoms with Crippen molar-refractivity contribution in [3.05, 3.63) is 34.8 Å². The van der Waals surface area contributed by atoms with E-state index in [1.807, 2.05) is 38.1 Å². The van der Waals surface area contributed by atoms with Gasteiger partial charge >= 0.3 is 5.97 Å². The summed E-state index contributed by atoms with van der Waals surface area (Å²) in [6.45, 7) is 6.00. The zero-order valence-corrected chi connectivity index (χ0v) is 15.6. The van der Waals surface area contributed by atoms with E-state index in [1.165, 1.54) is 11.3 Å². The minimum Gasteiger partial charge on any atom is -0.497 e. The second-order valence-electron chi connectivity index (χ2n) is 5.94. The highest BCUT2D eigenvalue weighted by Crippen LogP contribution is 2.29. The lowest BCUT2D eigenvalue weighted by molar-refractivity contribution is -0.124. The molecular formula is C18H22N2O4S. The van der Waals surface area contributed by atoms with Gasteiger partial charge in [-0.3, -0.25) is 4.79 Å². The zero-order valence-electron chi connectivity index (χ0n) is 14.8. The van der Waals surface area contributed by atoms with E-state index >= 15 is 0 Å². The SMILES string of the molecule is COc1ccc(-c2nc(C)c(C(=O)OCC(=O)NCC(C)C)s2)cc1. The number of aromatic nitrogens is 1. The molecule has 134 valence electrons. The van der Waals surface area contributed by atoms with Gasteiger partial charge in [0.15, 0.2) is 6.61 Å². The Kier molecular flexibility index (Phi) is 6.52. The van der Waals surface area contributed by atoms with Crippen LogP contribution in [0.1, 0.15) is 29.2 Å². The summed E-state index contributed by atoms with van der Waals surface area (Å²) < 4.78 is 10.2. The van der Waals surface area contributed by atoms with Crippen LogP contribution in [0.4, 0.5) is 0 Å². The molecule has 0 unspecified atom stereocenters. The Bertz CT molecular complexity index is 738. The van der Waals surface area contributed by atoms with E-state index in [2.05, 4.69) is 10.3 Å². The molecule has 25 heavy (non-hydrogen) atoms. The molecule has 0 atom stereocenters. The maximum Gasteiger partial charge on any atom is 0.350 e. The van der Waals surface area contributed by atoms with Crippen LogP contribution >= 0.6 is 11.3 Å². The Morgan fingerprint density at radius 3 is 2.52 bits per heavy atom. The standard InChI is InChI=1S/C18H22N2O4S/c1-11(2)9-19-15(21)10-24-18(22)16-12(3)20-17(25-16)13-5-7-14(23-4)8-6-13/h5-8,11H,9-10H2,1-4H3,(H,19,21). The number of carbonyl (C=O) groups is 2. The maximum absolute atomic E-state index is 12.2. The molecule has 0 fully saturated rings. The first-order chi connectivity index (χ1) is 11.9. The van der Waals surface area contributed by atoms with Crippen molar-refractivity contribution in [1.82, 2.24) is 10.3 Å². The van der Waals surface area contributed by atoms with Crippen molar-refractivity contribution in [2.45, 2.75) is 20.8 Å². The molecule has 0 radical (unpaired) electrons. The molecule has 2 aromatic rings.